The Bertz CT molecular complexity index is 390. The van der Waals surface area contributed by atoms with Crippen LogP contribution in [0.5, 0.6) is 0 Å². The summed E-state index contributed by atoms with van der Waals surface area (Å²) in [5.41, 5.74) is -0.240. The van der Waals surface area contributed by atoms with Crippen LogP contribution in [0.25, 0.3) is 0 Å². The maximum absolute atomic E-state index is 10.3. The third-order valence-electron chi connectivity index (χ3n) is 6.05. The number of aliphatic hydroxyl groups is 1. The minimum Gasteiger partial charge on any atom is -0.390 e. The van der Waals surface area contributed by atoms with Crippen molar-refractivity contribution in [2.24, 2.45) is 11.8 Å². The second-order valence-electron chi connectivity index (χ2n) is 7.45. The highest BCUT2D eigenvalue weighted by molar-refractivity contribution is 5.19. The average molecular weight is 282 g/mol. The van der Waals surface area contributed by atoms with Gasteiger partial charge in [0.05, 0.1) is 36.4 Å². The number of rotatable bonds is 5. The third-order valence-corrected chi connectivity index (χ3v) is 6.05. The summed E-state index contributed by atoms with van der Waals surface area (Å²) in [6, 6.07) is 0. The van der Waals surface area contributed by atoms with Crippen LogP contribution in [0.3, 0.4) is 0 Å². The van der Waals surface area contributed by atoms with Crippen molar-refractivity contribution in [1.29, 1.82) is 0 Å². The van der Waals surface area contributed by atoms with Gasteiger partial charge in [-0.25, -0.2) is 0 Å². The number of hydrogen-bond acceptors (Lipinski definition) is 4. The maximum Gasteiger partial charge on any atom is 0.100 e. The van der Waals surface area contributed by atoms with E-state index in [1.807, 2.05) is 0 Å². The number of ether oxygens (including phenoxy) is 3. The Kier molecular flexibility index (Phi) is 2.98. The van der Waals surface area contributed by atoms with Crippen molar-refractivity contribution < 1.29 is 19.3 Å². The minimum atomic E-state index is -0.384. The zero-order chi connectivity index (χ0) is 14.0. The summed E-state index contributed by atoms with van der Waals surface area (Å²) in [6.07, 6.45) is 6.76. The van der Waals surface area contributed by atoms with Crippen LogP contribution in [0.15, 0.2) is 0 Å². The summed E-state index contributed by atoms with van der Waals surface area (Å²) in [7, 11) is 1.70. The van der Waals surface area contributed by atoms with Crippen LogP contribution in [-0.4, -0.2) is 48.3 Å². The van der Waals surface area contributed by atoms with Gasteiger partial charge in [-0.2, -0.15) is 0 Å². The summed E-state index contributed by atoms with van der Waals surface area (Å²) in [6.45, 7) is 3.00. The van der Waals surface area contributed by atoms with E-state index in [1.165, 1.54) is 19.3 Å². The van der Waals surface area contributed by atoms with Gasteiger partial charge in [-0.1, -0.05) is 12.8 Å². The molecule has 4 fully saturated rings. The van der Waals surface area contributed by atoms with Gasteiger partial charge in [0.1, 0.15) is 5.60 Å². The molecule has 20 heavy (non-hydrogen) atoms. The Hall–Kier alpha value is -0.160. The molecule has 6 unspecified atom stereocenters. The smallest absolute Gasteiger partial charge is 0.100 e. The molecule has 0 amide bonds. The van der Waals surface area contributed by atoms with Crippen LogP contribution in [0.1, 0.15) is 45.4 Å². The van der Waals surface area contributed by atoms with Gasteiger partial charge in [0.2, 0.25) is 0 Å². The molecule has 0 aromatic rings. The fraction of sp³-hybridized carbons (Fsp3) is 1.00. The lowest BCUT2D eigenvalue weighted by Gasteiger charge is -2.41. The normalized spacial score (nSPS) is 54.1. The third kappa shape index (κ3) is 2.04. The van der Waals surface area contributed by atoms with E-state index in [0.29, 0.717) is 6.10 Å². The lowest BCUT2D eigenvalue weighted by atomic mass is 9.68. The Balaban J connectivity index is 1.49. The van der Waals surface area contributed by atoms with Crippen molar-refractivity contribution >= 4 is 0 Å². The van der Waals surface area contributed by atoms with E-state index in [9.17, 15) is 5.11 Å². The largest absolute Gasteiger partial charge is 0.390 e. The number of hydrogen-bond donors (Lipinski definition) is 1. The molecular formula is C16H26O4. The van der Waals surface area contributed by atoms with Crippen LogP contribution in [-0.2, 0) is 14.2 Å². The van der Waals surface area contributed by atoms with Gasteiger partial charge in [0, 0.05) is 7.11 Å². The van der Waals surface area contributed by atoms with Crippen LogP contribution in [0.2, 0.25) is 0 Å². The minimum absolute atomic E-state index is 0.0804. The molecule has 2 aliphatic heterocycles. The molecule has 2 aliphatic carbocycles. The van der Waals surface area contributed by atoms with Gasteiger partial charge in [-0.15, -0.1) is 0 Å². The summed E-state index contributed by atoms with van der Waals surface area (Å²) < 4.78 is 17.6. The molecule has 1 N–H and O–H groups in total. The predicted octanol–water partition coefficient (Wildman–Crippen LogP) is 1.89. The summed E-state index contributed by atoms with van der Waals surface area (Å²) in [4.78, 5) is 0. The Labute approximate surface area is 120 Å². The zero-order valence-electron chi connectivity index (χ0n) is 12.5. The SMILES string of the molecule is COC1C(O)CCC2(CO2)C1C1(C)OC1CCC1CC1. The van der Waals surface area contributed by atoms with E-state index < -0.39 is 0 Å². The maximum atomic E-state index is 10.3. The van der Waals surface area contributed by atoms with E-state index in [0.717, 1.165) is 31.8 Å². The molecule has 2 heterocycles. The molecule has 0 bridgehead atoms. The summed E-state index contributed by atoms with van der Waals surface area (Å²) in [5.74, 6) is 1.12. The molecule has 4 aliphatic rings. The van der Waals surface area contributed by atoms with Gasteiger partial charge in [-0.05, 0) is 38.5 Å². The van der Waals surface area contributed by atoms with Crippen LogP contribution >= 0.6 is 0 Å². The quantitative estimate of drug-likeness (QED) is 0.782. The highest BCUT2D eigenvalue weighted by Gasteiger charge is 2.71. The van der Waals surface area contributed by atoms with Crippen LogP contribution in [0.4, 0.5) is 0 Å². The van der Waals surface area contributed by atoms with Crippen molar-refractivity contribution in [3.63, 3.8) is 0 Å². The number of aliphatic hydroxyl groups excluding tert-OH is 1. The summed E-state index contributed by atoms with van der Waals surface area (Å²) >= 11 is 0. The molecule has 2 saturated heterocycles. The van der Waals surface area contributed by atoms with E-state index in [4.69, 9.17) is 14.2 Å². The standard InChI is InChI=1S/C16H26O4/c1-15(12(20-15)6-5-10-3-4-10)14-13(18-2)11(17)7-8-16(14)9-19-16/h10-14,17H,3-9H2,1-2H3. The Morgan fingerprint density at radius 1 is 1.25 bits per heavy atom. The molecule has 0 aromatic carbocycles. The molecule has 0 radical (unpaired) electrons. The Morgan fingerprint density at radius 3 is 2.60 bits per heavy atom. The molecule has 1 spiro atoms. The first-order valence-corrected chi connectivity index (χ1v) is 8.12. The van der Waals surface area contributed by atoms with E-state index in [-0.39, 0.29) is 29.3 Å². The number of epoxide rings is 2. The topological polar surface area (TPSA) is 54.5 Å². The molecule has 4 rings (SSSR count). The van der Waals surface area contributed by atoms with Gasteiger partial charge < -0.3 is 19.3 Å². The molecule has 0 aromatic heterocycles. The van der Waals surface area contributed by atoms with Gasteiger partial charge in [-0.3, -0.25) is 0 Å². The van der Waals surface area contributed by atoms with Crippen molar-refractivity contribution in [2.45, 2.75) is 75.0 Å². The second kappa shape index (κ2) is 4.42. The highest BCUT2D eigenvalue weighted by Crippen LogP contribution is 2.59. The van der Waals surface area contributed by atoms with Gasteiger partial charge >= 0.3 is 0 Å². The Morgan fingerprint density at radius 2 is 2.00 bits per heavy atom. The van der Waals surface area contributed by atoms with Gasteiger partial charge in [0.15, 0.2) is 0 Å². The summed E-state index contributed by atoms with van der Waals surface area (Å²) in [5, 5.41) is 10.3. The first kappa shape index (κ1) is 13.5. The predicted molar refractivity (Wildman–Crippen MR) is 73.4 cm³/mol. The molecule has 114 valence electrons. The lowest BCUT2D eigenvalue weighted by Crippen LogP contribution is -2.54. The van der Waals surface area contributed by atoms with E-state index >= 15 is 0 Å². The van der Waals surface area contributed by atoms with Crippen molar-refractivity contribution in [3.8, 4) is 0 Å². The fourth-order valence-electron chi connectivity index (χ4n) is 4.48. The van der Waals surface area contributed by atoms with Gasteiger partial charge in [0.25, 0.3) is 0 Å². The highest BCUT2D eigenvalue weighted by atomic mass is 16.6. The van der Waals surface area contributed by atoms with E-state index in [2.05, 4.69) is 6.92 Å². The monoisotopic (exact) mass is 282 g/mol. The zero-order valence-corrected chi connectivity index (χ0v) is 12.5. The average Bonchev–Trinajstić information content (AvgIpc) is 3.28. The first-order valence-electron chi connectivity index (χ1n) is 8.12. The van der Waals surface area contributed by atoms with Crippen LogP contribution < -0.4 is 0 Å². The second-order valence-corrected chi connectivity index (χ2v) is 7.45. The fourth-order valence-corrected chi connectivity index (χ4v) is 4.48. The molecule has 2 saturated carbocycles. The lowest BCUT2D eigenvalue weighted by molar-refractivity contribution is -0.116. The van der Waals surface area contributed by atoms with E-state index in [1.54, 1.807) is 7.11 Å². The first-order chi connectivity index (χ1) is 9.59. The van der Waals surface area contributed by atoms with Crippen molar-refractivity contribution in [2.75, 3.05) is 13.7 Å². The molecule has 4 heteroatoms. The molecule has 6 atom stereocenters. The van der Waals surface area contributed by atoms with Crippen LogP contribution in [0, 0.1) is 11.8 Å². The van der Waals surface area contributed by atoms with Crippen molar-refractivity contribution in [1.82, 2.24) is 0 Å². The number of methoxy groups -OCH3 is 1. The molecular weight excluding hydrogens is 256 g/mol. The molecule has 4 nitrogen and oxygen atoms in total. The van der Waals surface area contributed by atoms with Crippen molar-refractivity contribution in [3.05, 3.63) is 0 Å².